The summed E-state index contributed by atoms with van der Waals surface area (Å²) in [7, 11) is 2.56. The van der Waals surface area contributed by atoms with Gasteiger partial charge in [0.2, 0.25) is 11.8 Å². The van der Waals surface area contributed by atoms with Gasteiger partial charge in [-0.15, -0.1) is 0 Å². The van der Waals surface area contributed by atoms with Crippen molar-refractivity contribution in [3.63, 3.8) is 0 Å². The number of esters is 1. The summed E-state index contributed by atoms with van der Waals surface area (Å²) in [5, 5.41) is 2.51. The van der Waals surface area contributed by atoms with Crippen LogP contribution in [0.2, 0.25) is 0 Å². The fraction of sp³-hybridized carbons (Fsp3) is 0.405. The maximum Gasteiger partial charge on any atom is 0.407 e. The number of aromatic amines is 2. The van der Waals surface area contributed by atoms with Crippen molar-refractivity contribution in [3.05, 3.63) is 72.3 Å². The minimum atomic E-state index is -0.765. The molecule has 14 heteroatoms. The molecule has 2 fully saturated rings. The van der Waals surface area contributed by atoms with Gasteiger partial charge >= 0.3 is 12.1 Å². The van der Waals surface area contributed by atoms with Crippen LogP contribution in [0.25, 0.3) is 33.6 Å². The van der Waals surface area contributed by atoms with Crippen molar-refractivity contribution in [2.24, 2.45) is 5.92 Å². The van der Waals surface area contributed by atoms with Gasteiger partial charge in [0.1, 0.15) is 23.5 Å². The number of nitrogens with one attached hydrogen (secondary N) is 3. The average Bonchev–Trinajstić information content (AvgIpc) is 3.97. The molecule has 2 aliphatic heterocycles. The molecule has 0 saturated carbocycles. The fourth-order valence-electron chi connectivity index (χ4n) is 6.93. The lowest BCUT2D eigenvalue weighted by atomic mass is 10.0. The molecule has 4 atom stereocenters. The predicted molar refractivity (Wildman–Crippen MR) is 185 cm³/mol. The molecule has 0 radical (unpaired) electrons. The minimum absolute atomic E-state index is 0.0348. The highest BCUT2D eigenvalue weighted by atomic mass is 19.1. The lowest BCUT2D eigenvalue weighted by Gasteiger charge is -2.26. The number of carbonyl (C=O) groups excluding carboxylic acids is 4. The van der Waals surface area contributed by atoms with E-state index in [9.17, 15) is 19.2 Å². The Bertz CT molecular complexity index is 1910. The zero-order valence-electron chi connectivity index (χ0n) is 29.1. The topological polar surface area (TPSA) is 163 Å². The van der Waals surface area contributed by atoms with E-state index in [4.69, 9.17) is 4.74 Å². The Morgan fingerprint density at radius 2 is 1.39 bits per heavy atom. The maximum atomic E-state index is 15.6. The van der Waals surface area contributed by atoms with Crippen LogP contribution in [0.4, 0.5) is 9.18 Å². The smallest absolute Gasteiger partial charge is 0.407 e. The first-order chi connectivity index (χ1) is 24.6. The SMILES string of the molecule is COC(=O)C[C@@H](C)C(=O)N1CCC[C@H]1c1ncc(-c2ccc(-c3ccc(-c4cnc([C@@H]5CCCN5C(=O)[C@H](C)NC(=O)OC)[nH]4)c(F)c3)cc2)[nH]1. The lowest BCUT2D eigenvalue weighted by molar-refractivity contribution is -0.146. The lowest BCUT2D eigenvalue weighted by Crippen LogP contribution is -2.46. The van der Waals surface area contributed by atoms with Crippen LogP contribution >= 0.6 is 0 Å². The van der Waals surface area contributed by atoms with Crippen molar-refractivity contribution in [3.8, 4) is 33.6 Å². The van der Waals surface area contributed by atoms with E-state index >= 15 is 4.39 Å². The second kappa shape index (κ2) is 15.2. The van der Waals surface area contributed by atoms with Crippen LogP contribution < -0.4 is 5.32 Å². The number of likely N-dealkylation sites (tertiary alicyclic amines) is 2. The molecule has 2 saturated heterocycles. The highest BCUT2D eigenvalue weighted by Crippen LogP contribution is 2.35. The molecule has 6 rings (SSSR count). The largest absolute Gasteiger partial charge is 0.469 e. The van der Waals surface area contributed by atoms with Gasteiger partial charge in [-0.05, 0) is 61.4 Å². The number of H-pyrrole nitrogens is 2. The summed E-state index contributed by atoms with van der Waals surface area (Å²) >= 11 is 0. The molecular weight excluding hydrogens is 657 g/mol. The standard InChI is InChI=1S/C37H42FN7O6/c1-21(17-32(46)50-3)35(47)44-15-5-7-30(44)33-39-19-28(42-33)24-11-9-23(10-12-24)25-13-14-26(27(38)18-25)29-20-40-34(43-29)31-8-6-16-45(31)36(48)22(2)41-37(49)51-4/h9-14,18-22,30-31H,5-8,15-17H2,1-4H3,(H,39,42)(H,40,43)(H,41,49)/t21-,22+,30+,31+/m1/s1. The molecular formula is C37H42FN7O6. The highest BCUT2D eigenvalue weighted by Gasteiger charge is 2.36. The summed E-state index contributed by atoms with van der Waals surface area (Å²) in [6.45, 7) is 4.47. The van der Waals surface area contributed by atoms with Crippen molar-refractivity contribution < 1.29 is 33.0 Å². The summed E-state index contributed by atoms with van der Waals surface area (Å²) in [5.41, 5.74) is 4.08. The van der Waals surface area contributed by atoms with Gasteiger partial charge in [-0.25, -0.2) is 19.2 Å². The van der Waals surface area contributed by atoms with Gasteiger partial charge < -0.3 is 34.6 Å². The van der Waals surface area contributed by atoms with Crippen LogP contribution in [0, 0.1) is 11.7 Å². The number of alkyl carbamates (subject to hydrolysis) is 1. The number of ether oxygens (including phenoxy) is 2. The van der Waals surface area contributed by atoms with Gasteiger partial charge in [-0.2, -0.15) is 0 Å². The zero-order chi connectivity index (χ0) is 36.2. The van der Waals surface area contributed by atoms with Gasteiger partial charge in [-0.1, -0.05) is 37.3 Å². The van der Waals surface area contributed by atoms with Crippen LogP contribution in [-0.4, -0.2) is 87.0 Å². The third-order valence-electron chi connectivity index (χ3n) is 9.69. The number of nitrogens with zero attached hydrogens (tertiary/aromatic N) is 4. The molecule has 13 nitrogen and oxygen atoms in total. The minimum Gasteiger partial charge on any atom is -0.469 e. The Labute approximate surface area is 294 Å². The number of rotatable bonds is 10. The first kappa shape index (κ1) is 35.3. The van der Waals surface area contributed by atoms with Crippen molar-refractivity contribution in [1.29, 1.82) is 0 Å². The van der Waals surface area contributed by atoms with E-state index < -0.39 is 29.8 Å². The van der Waals surface area contributed by atoms with Crippen molar-refractivity contribution in [2.45, 2.75) is 64.1 Å². The van der Waals surface area contributed by atoms with Gasteiger partial charge in [-0.3, -0.25) is 14.4 Å². The Morgan fingerprint density at radius 1 is 0.824 bits per heavy atom. The zero-order valence-corrected chi connectivity index (χ0v) is 29.1. The summed E-state index contributed by atoms with van der Waals surface area (Å²) in [5.74, 6) is -0.396. The van der Waals surface area contributed by atoms with Crippen molar-refractivity contribution >= 4 is 23.9 Å². The second-order valence-corrected chi connectivity index (χ2v) is 13.1. The van der Waals surface area contributed by atoms with Crippen LogP contribution in [0.3, 0.4) is 0 Å². The molecule has 0 aliphatic carbocycles. The maximum absolute atomic E-state index is 15.6. The molecule has 268 valence electrons. The van der Waals surface area contributed by atoms with Crippen LogP contribution in [0.1, 0.15) is 69.7 Å². The number of benzene rings is 2. The van der Waals surface area contributed by atoms with Crippen LogP contribution in [0.15, 0.2) is 54.9 Å². The molecule has 3 N–H and O–H groups in total. The predicted octanol–water partition coefficient (Wildman–Crippen LogP) is 5.54. The molecule has 0 bridgehead atoms. The summed E-state index contributed by atoms with van der Waals surface area (Å²) in [6.07, 6.45) is 5.77. The van der Waals surface area contributed by atoms with E-state index in [2.05, 4.69) is 30.0 Å². The number of halogens is 1. The van der Waals surface area contributed by atoms with Crippen molar-refractivity contribution in [1.82, 2.24) is 35.1 Å². The summed E-state index contributed by atoms with van der Waals surface area (Å²) in [4.78, 5) is 68.6. The van der Waals surface area contributed by atoms with E-state index in [-0.39, 0.29) is 30.3 Å². The van der Waals surface area contributed by atoms with Gasteiger partial charge in [0, 0.05) is 24.6 Å². The summed E-state index contributed by atoms with van der Waals surface area (Å²) in [6, 6.07) is 11.5. The monoisotopic (exact) mass is 699 g/mol. The second-order valence-electron chi connectivity index (χ2n) is 13.1. The van der Waals surface area contributed by atoms with E-state index in [0.717, 1.165) is 36.1 Å². The molecule has 2 aliphatic rings. The van der Waals surface area contributed by atoms with Gasteiger partial charge in [0.25, 0.3) is 0 Å². The Morgan fingerprint density at radius 3 is 2.00 bits per heavy atom. The first-order valence-corrected chi connectivity index (χ1v) is 17.1. The van der Waals surface area contributed by atoms with Crippen molar-refractivity contribution in [2.75, 3.05) is 27.3 Å². The Hall–Kier alpha value is -5.53. The number of methoxy groups -OCH3 is 2. The van der Waals surface area contributed by atoms with Crippen LogP contribution in [-0.2, 0) is 23.9 Å². The molecule has 4 heterocycles. The fourth-order valence-corrected chi connectivity index (χ4v) is 6.93. The number of hydrogen-bond donors (Lipinski definition) is 3. The van der Waals surface area contributed by atoms with Crippen LogP contribution in [0.5, 0.6) is 0 Å². The average molecular weight is 700 g/mol. The molecule has 0 unspecified atom stereocenters. The normalized spacial score (nSPS) is 18.4. The highest BCUT2D eigenvalue weighted by molar-refractivity contribution is 5.86. The van der Waals surface area contributed by atoms with Gasteiger partial charge in [0.05, 0.1) is 56.5 Å². The van der Waals surface area contributed by atoms with E-state index in [1.807, 2.05) is 30.3 Å². The number of hydrogen-bond acceptors (Lipinski definition) is 8. The summed E-state index contributed by atoms with van der Waals surface area (Å²) < 4.78 is 24.9. The Kier molecular flexibility index (Phi) is 10.5. The van der Waals surface area contributed by atoms with E-state index in [1.165, 1.54) is 20.3 Å². The van der Waals surface area contributed by atoms with E-state index in [0.29, 0.717) is 48.0 Å². The van der Waals surface area contributed by atoms with Gasteiger partial charge in [0.15, 0.2) is 0 Å². The number of imidazole rings is 2. The van der Waals surface area contributed by atoms with E-state index in [1.54, 1.807) is 42.1 Å². The quantitative estimate of drug-likeness (QED) is 0.182. The molecule has 3 amide bonds. The third kappa shape index (κ3) is 7.49. The molecule has 4 aromatic rings. The molecule has 2 aromatic carbocycles. The first-order valence-electron chi connectivity index (χ1n) is 17.1. The number of carbonyl (C=O) groups is 4. The molecule has 2 aromatic heterocycles. The Balaban J connectivity index is 1.12. The number of aromatic nitrogens is 4. The third-order valence-corrected chi connectivity index (χ3v) is 9.69. The molecule has 51 heavy (non-hydrogen) atoms. The number of amides is 3. The molecule has 0 spiro atoms.